The van der Waals surface area contributed by atoms with Gasteiger partial charge in [-0.15, -0.1) is 0 Å². The molecule has 0 spiro atoms. The van der Waals surface area contributed by atoms with Crippen LogP contribution in [0.5, 0.6) is 11.5 Å². The number of anilines is 2. The molecule has 0 saturated carbocycles. The van der Waals surface area contributed by atoms with Gasteiger partial charge in [0.2, 0.25) is 0 Å². The highest BCUT2D eigenvalue weighted by Gasteiger charge is 2.36. The van der Waals surface area contributed by atoms with Crippen LogP contribution in [0.25, 0.3) is 0 Å². The molecule has 10 heteroatoms. The molecule has 0 amide bonds. The van der Waals surface area contributed by atoms with Gasteiger partial charge in [0.25, 0.3) is 0 Å². The Morgan fingerprint density at radius 1 is 0.722 bits per heavy atom. The predicted octanol–water partition coefficient (Wildman–Crippen LogP) is 7.09. The molecule has 0 heterocycles. The molecule has 4 nitrogen and oxygen atoms in total. The lowest BCUT2D eigenvalue weighted by molar-refractivity contribution is -0.138. The van der Waals surface area contributed by atoms with Crippen LogP contribution < -0.4 is 20.9 Å². The third kappa shape index (κ3) is 5.59. The van der Waals surface area contributed by atoms with Gasteiger partial charge < -0.3 is 20.9 Å². The van der Waals surface area contributed by atoms with Gasteiger partial charge in [-0.25, -0.2) is 0 Å². The SMILES string of the molecule is Nc1cc(OC2=CCC(Oc3cc(N)cc(C(F)(F)F)c3)(c3ccccc3)C=C2)cc(C(F)(F)F)c1. The van der Waals surface area contributed by atoms with Gasteiger partial charge in [0.1, 0.15) is 17.3 Å². The van der Waals surface area contributed by atoms with E-state index < -0.39 is 29.1 Å². The summed E-state index contributed by atoms with van der Waals surface area (Å²) in [5.41, 5.74) is 8.53. The standard InChI is InChI=1S/C26H20F6N2O2/c27-25(28,29)17-10-19(33)14-22(12-17)35-21-6-8-24(9-7-21,16-4-2-1-3-5-16)36-23-13-18(26(30,31)32)11-20(34)15-23/h1-8,10-15H,9,33-34H2. The predicted molar refractivity (Wildman–Crippen MR) is 123 cm³/mol. The van der Waals surface area contributed by atoms with Crippen LogP contribution in [0.1, 0.15) is 23.1 Å². The second-order valence-corrected chi connectivity index (χ2v) is 8.18. The zero-order valence-electron chi connectivity index (χ0n) is 18.5. The number of halogens is 6. The average Bonchev–Trinajstić information content (AvgIpc) is 2.79. The topological polar surface area (TPSA) is 70.5 Å². The first-order valence-corrected chi connectivity index (χ1v) is 10.6. The van der Waals surface area contributed by atoms with E-state index >= 15 is 0 Å². The van der Waals surface area contributed by atoms with Crippen LogP contribution >= 0.6 is 0 Å². The van der Waals surface area contributed by atoms with Crippen molar-refractivity contribution >= 4 is 11.4 Å². The smallest absolute Gasteiger partial charge is 0.416 e. The van der Waals surface area contributed by atoms with Gasteiger partial charge in [0, 0.05) is 29.9 Å². The molecule has 1 aliphatic carbocycles. The van der Waals surface area contributed by atoms with Crippen LogP contribution in [0.4, 0.5) is 37.7 Å². The summed E-state index contributed by atoms with van der Waals surface area (Å²) in [6.07, 6.45) is -4.50. The molecule has 1 aliphatic rings. The van der Waals surface area contributed by atoms with Gasteiger partial charge in [0.15, 0.2) is 5.60 Å². The maximum Gasteiger partial charge on any atom is 0.416 e. The lowest BCUT2D eigenvalue weighted by atomic mass is 9.86. The molecule has 0 fully saturated rings. The van der Waals surface area contributed by atoms with Gasteiger partial charge in [-0.05, 0) is 48.1 Å². The van der Waals surface area contributed by atoms with E-state index in [2.05, 4.69) is 0 Å². The molecule has 0 aliphatic heterocycles. The molecular formula is C26H20F6N2O2. The first-order chi connectivity index (χ1) is 16.8. The second-order valence-electron chi connectivity index (χ2n) is 8.18. The third-order valence-corrected chi connectivity index (χ3v) is 5.43. The van der Waals surface area contributed by atoms with E-state index in [0.29, 0.717) is 5.56 Å². The van der Waals surface area contributed by atoms with Gasteiger partial charge in [0.05, 0.1) is 11.1 Å². The zero-order chi connectivity index (χ0) is 26.1. The van der Waals surface area contributed by atoms with Gasteiger partial charge in [-0.3, -0.25) is 0 Å². The highest BCUT2D eigenvalue weighted by Crippen LogP contribution is 2.40. The van der Waals surface area contributed by atoms with Crippen molar-refractivity contribution in [3.63, 3.8) is 0 Å². The molecule has 0 radical (unpaired) electrons. The van der Waals surface area contributed by atoms with Gasteiger partial charge in [-0.2, -0.15) is 26.3 Å². The van der Waals surface area contributed by atoms with Crippen molar-refractivity contribution in [3.05, 3.63) is 107 Å². The molecule has 36 heavy (non-hydrogen) atoms. The van der Waals surface area contributed by atoms with Crippen molar-refractivity contribution in [3.8, 4) is 11.5 Å². The highest BCUT2D eigenvalue weighted by molar-refractivity contribution is 5.51. The molecule has 0 aromatic heterocycles. The summed E-state index contributed by atoms with van der Waals surface area (Å²) in [5.74, 6) is 0.00342. The normalized spacial score (nSPS) is 18.0. The first kappa shape index (κ1) is 25.0. The Hall–Kier alpha value is -4.08. The second kappa shape index (κ2) is 9.18. The molecule has 1 unspecified atom stereocenters. The number of allylic oxidation sites excluding steroid dienone is 1. The monoisotopic (exact) mass is 506 g/mol. The Bertz CT molecular complexity index is 1320. The van der Waals surface area contributed by atoms with E-state index in [1.54, 1.807) is 42.5 Å². The van der Waals surface area contributed by atoms with E-state index in [9.17, 15) is 26.3 Å². The fourth-order valence-corrected chi connectivity index (χ4v) is 3.79. The van der Waals surface area contributed by atoms with E-state index in [1.165, 1.54) is 18.2 Å². The lowest BCUT2D eigenvalue weighted by Gasteiger charge is -2.34. The molecule has 3 aromatic rings. The molecule has 188 valence electrons. The van der Waals surface area contributed by atoms with E-state index in [0.717, 1.165) is 24.3 Å². The maximum absolute atomic E-state index is 13.3. The fourth-order valence-electron chi connectivity index (χ4n) is 3.79. The number of nitrogens with two attached hydrogens (primary N) is 2. The summed E-state index contributed by atoms with van der Waals surface area (Å²) >= 11 is 0. The van der Waals surface area contributed by atoms with Crippen LogP contribution in [0, 0.1) is 0 Å². The largest absolute Gasteiger partial charge is 0.478 e. The summed E-state index contributed by atoms with van der Waals surface area (Å²) in [6.45, 7) is 0. The maximum atomic E-state index is 13.3. The summed E-state index contributed by atoms with van der Waals surface area (Å²) < 4.78 is 91.0. The van der Waals surface area contributed by atoms with E-state index in [-0.39, 0.29) is 35.1 Å². The number of alkyl halides is 6. The van der Waals surface area contributed by atoms with Crippen LogP contribution in [0.15, 0.2) is 90.7 Å². The molecule has 0 bridgehead atoms. The summed E-state index contributed by atoms with van der Waals surface area (Å²) in [4.78, 5) is 0. The van der Waals surface area contributed by atoms with Crippen molar-refractivity contribution in [1.29, 1.82) is 0 Å². The molecular weight excluding hydrogens is 486 g/mol. The highest BCUT2D eigenvalue weighted by atomic mass is 19.4. The molecule has 1 atom stereocenters. The number of rotatable bonds is 5. The minimum atomic E-state index is -4.62. The van der Waals surface area contributed by atoms with Gasteiger partial charge in [-0.1, -0.05) is 30.3 Å². The quantitative estimate of drug-likeness (QED) is 0.286. The summed E-state index contributed by atoms with van der Waals surface area (Å²) in [7, 11) is 0. The number of hydrogen-bond acceptors (Lipinski definition) is 4. The lowest BCUT2D eigenvalue weighted by Crippen LogP contribution is -2.32. The van der Waals surface area contributed by atoms with Crippen molar-refractivity contribution in [2.45, 2.75) is 24.4 Å². The fraction of sp³-hybridized carbons (Fsp3) is 0.154. The molecule has 3 aromatic carbocycles. The van der Waals surface area contributed by atoms with Gasteiger partial charge >= 0.3 is 12.4 Å². The summed E-state index contributed by atoms with van der Waals surface area (Å²) in [6, 6.07) is 14.6. The third-order valence-electron chi connectivity index (χ3n) is 5.43. The minimum absolute atomic E-state index is 0.0979. The first-order valence-electron chi connectivity index (χ1n) is 10.6. The van der Waals surface area contributed by atoms with Crippen molar-refractivity contribution in [1.82, 2.24) is 0 Å². The number of nitrogen functional groups attached to an aromatic ring is 2. The van der Waals surface area contributed by atoms with Crippen LogP contribution in [-0.4, -0.2) is 0 Å². The van der Waals surface area contributed by atoms with Crippen LogP contribution in [-0.2, 0) is 18.0 Å². The molecule has 0 saturated heterocycles. The Labute approximate surface area is 202 Å². The molecule has 4 rings (SSSR count). The van der Waals surface area contributed by atoms with E-state index in [1.807, 2.05) is 0 Å². The minimum Gasteiger partial charge on any atom is -0.478 e. The Balaban J connectivity index is 1.65. The van der Waals surface area contributed by atoms with Crippen LogP contribution in [0.3, 0.4) is 0 Å². The Morgan fingerprint density at radius 3 is 1.81 bits per heavy atom. The van der Waals surface area contributed by atoms with E-state index in [4.69, 9.17) is 20.9 Å². The molecule has 4 N–H and O–H groups in total. The number of hydrogen-bond donors (Lipinski definition) is 2. The zero-order valence-corrected chi connectivity index (χ0v) is 18.5. The number of benzene rings is 3. The summed E-state index contributed by atoms with van der Waals surface area (Å²) in [5, 5.41) is 0. The average molecular weight is 506 g/mol. The van der Waals surface area contributed by atoms with Crippen LogP contribution in [0.2, 0.25) is 0 Å². The Kier molecular flexibility index (Phi) is 6.38. The number of ether oxygens (including phenoxy) is 2. The van der Waals surface area contributed by atoms with Crippen molar-refractivity contribution < 1.29 is 35.8 Å². The Morgan fingerprint density at radius 2 is 1.28 bits per heavy atom. The van der Waals surface area contributed by atoms with Crippen molar-refractivity contribution in [2.75, 3.05) is 11.5 Å². The van der Waals surface area contributed by atoms with Crippen molar-refractivity contribution in [2.24, 2.45) is 0 Å².